The minimum absolute atomic E-state index is 0.321. The molecule has 2 rings (SSSR count). The van der Waals surface area contributed by atoms with Gasteiger partial charge in [-0.25, -0.2) is 0 Å². The van der Waals surface area contributed by atoms with Crippen molar-refractivity contribution in [3.8, 4) is 0 Å². The van der Waals surface area contributed by atoms with E-state index in [-0.39, 0.29) is 0 Å². The summed E-state index contributed by atoms with van der Waals surface area (Å²) >= 11 is 0. The Balaban J connectivity index is 2.36. The van der Waals surface area contributed by atoms with Gasteiger partial charge in [0.15, 0.2) is 0 Å². The fourth-order valence-corrected chi connectivity index (χ4v) is 2.05. The maximum Gasteiger partial charge on any atom is 0.416 e. The van der Waals surface area contributed by atoms with E-state index in [9.17, 15) is 18.3 Å². The molecule has 0 atom stereocenters. The Hall–Kier alpha value is -2.01. The highest BCUT2D eigenvalue weighted by atomic mass is 19.4. The molecule has 0 aliphatic rings. The standard InChI is InChI=1S/C16H16F3NO/c1-15(2,21)13-8-3-4-9-14(13)20-12-7-5-6-11(10-12)16(17,18)19/h3-10,20-21H,1-2H3. The molecule has 0 saturated heterocycles. The molecule has 0 spiro atoms. The van der Waals surface area contributed by atoms with Gasteiger partial charge in [0.1, 0.15) is 0 Å². The number of benzene rings is 2. The molecule has 5 heteroatoms. The second-order valence-electron chi connectivity index (χ2n) is 5.31. The highest BCUT2D eigenvalue weighted by Crippen LogP contribution is 2.33. The lowest BCUT2D eigenvalue weighted by Crippen LogP contribution is -2.17. The number of para-hydroxylation sites is 1. The van der Waals surface area contributed by atoms with Crippen LogP contribution in [0.2, 0.25) is 0 Å². The summed E-state index contributed by atoms with van der Waals surface area (Å²) in [7, 11) is 0. The van der Waals surface area contributed by atoms with Crippen LogP contribution in [-0.4, -0.2) is 5.11 Å². The average molecular weight is 295 g/mol. The number of alkyl halides is 3. The van der Waals surface area contributed by atoms with Crippen molar-refractivity contribution in [3.05, 3.63) is 59.7 Å². The average Bonchev–Trinajstić information content (AvgIpc) is 2.37. The molecule has 0 radical (unpaired) electrons. The summed E-state index contributed by atoms with van der Waals surface area (Å²) in [4.78, 5) is 0. The lowest BCUT2D eigenvalue weighted by Gasteiger charge is -2.22. The summed E-state index contributed by atoms with van der Waals surface area (Å²) in [5.41, 5.74) is -0.299. The topological polar surface area (TPSA) is 32.3 Å². The molecule has 112 valence electrons. The number of hydrogen-bond acceptors (Lipinski definition) is 2. The number of rotatable bonds is 3. The number of anilines is 2. The summed E-state index contributed by atoms with van der Waals surface area (Å²) in [6.45, 7) is 3.25. The Morgan fingerprint density at radius 2 is 1.62 bits per heavy atom. The highest BCUT2D eigenvalue weighted by Gasteiger charge is 2.30. The molecule has 0 fully saturated rings. The Labute approximate surface area is 121 Å². The van der Waals surface area contributed by atoms with Crippen molar-refractivity contribution in [3.63, 3.8) is 0 Å². The van der Waals surface area contributed by atoms with E-state index >= 15 is 0 Å². The Morgan fingerprint density at radius 1 is 0.952 bits per heavy atom. The van der Waals surface area contributed by atoms with Gasteiger partial charge >= 0.3 is 6.18 Å². The molecule has 2 N–H and O–H groups in total. The van der Waals surface area contributed by atoms with E-state index in [2.05, 4.69) is 5.32 Å². The van der Waals surface area contributed by atoms with Crippen molar-refractivity contribution >= 4 is 11.4 Å². The van der Waals surface area contributed by atoms with Crippen LogP contribution in [-0.2, 0) is 11.8 Å². The van der Waals surface area contributed by atoms with E-state index in [1.807, 2.05) is 0 Å². The fourth-order valence-electron chi connectivity index (χ4n) is 2.05. The lowest BCUT2D eigenvalue weighted by atomic mass is 9.96. The number of nitrogens with one attached hydrogen (secondary N) is 1. The second kappa shape index (κ2) is 5.41. The molecule has 0 bridgehead atoms. The quantitative estimate of drug-likeness (QED) is 0.862. The van der Waals surface area contributed by atoms with E-state index in [1.165, 1.54) is 6.07 Å². The van der Waals surface area contributed by atoms with Gasteiger partial charge in [0, 0.05) is 16.9 Å². The summed E-state index contributed by atoms with van der Waals surface area (Å²) in [6.07, 6.45) is -4.38. The van der Waals surface area contributed by atoms with Crippen LogP contribution in [0.4, 0.5) is 24.5 Å². The zero-order chi connectivity index (χ0) is 15.7. The molecule has 21 heavy (non-hydrogen) atoms. The van der Waals surface area contributed by atoms with Gasteiger partial charge in [0.25, 0.3) is 0 Å². The number of aliphatic hydroxyl groups is 1. The lowest BCUT2D eigenvalue weighted by molar-refractivity contribution is -0.137. The van der Waals surface area contributed by atoms with Crippen LogP contribution < -0.4 is 5.32 Å². The van der Waals surface area contributed by atoms with Crippen LogP contribution in [0.15, 0.2) is 48.5 Å². The van der Waals surface area contributed by atoms with Crippen LogP contribution in [0.1, 0.15) is 25.0 Å². The molecule has 0 amide bonds. The van der Waals surface area contributed by atoms with E-state index in [0.29, 0.717) is 16.9 Å². The summed E-state index contributed by atoms with van der Waals surface area (Å²) in [5, 5.41) is 13.0. The summed E-state index contributed by atoms with van der Waals surface area (Å²) in [6, 6.07) is 11.9. The first kappa shape index (κ1) is 15.4. The third kappa shape index (κ3) is 3.76. The van der Waals surface area contributed by atoms with Gasteiger partial charge in [0.2, 0.25) is 0 Å². The minimum atomic E-state index is -4.38. The van der Waals surface area contributed by atoms with Crippen molar-refractivity contribution in [2.75, 3.05) is 5.32 Å². The largest absolute Gasteiger partial charge is 0.416 e. The van der Waals surface area contributed by atoms with Gasteiger partial charge < -0.3 is 10.4 Å². The normalized spacial score (nSPS) is 12.3. The molecule has 0 saturated carbocycles. The van der Waals surface area contributed by atoms with E-state index in [4.69, 9.17) is 0 Å². The van der Waals surface area contributed by atoms with E-state index in [0.717, 1.165) is 12.1 Å². The van der Waals surface area contributed by atoms with Crippen molar-refractivity contribution in [1.82, 2.24) is 0 Å². The predicted molar refractivity (Wildman–Crippen MR) is 76.4 cm³/mol. The highest BCUT2D eigenvalue weighted by molar-refractivity contribution is 5.64. The monoisotopic (exact) mass is 295 g/mol. The first-order valence-electron chi connectivity index (χ1n) is 6.44. The second-order valence-corrected chi connectivity index (χ2v) is 5.31. The number of hydrogen-bond donors (Lipinski definition) is 2. The van der Waals surface area contributed by atoms with Gasteiger partial charge in [0.05, 0.1) is 11.2 Å². The molecular formula is C16H16F3NO. The van der Waals surface area contributed by atoms with Crippen LogP contribution in [0.3, 0.4) is 0 Å². The first-order chi connectivity index (χ1) is 9.68. The molecule has 0 heterocycles. The van der Waals surface area contributed by atoms with Gasteiger partial charge in [-0.2, -0.15) is 13.2 Å². The summed E-state index contributed by atoms with van der Waals surface area (Å²) in [5.74, 6) is 0. The molecular weight excluding hydrogens is 279 g/mol. The van der Waals surface area contributed by atoms with Crippen molar-refractivity contribution in [2.45, 2.75) is 25.6 Å². The molecule has 0 aliphatic heterocycles. The van der Waals surface area contributed by atoms with Crippen molar-refractivity contribution in [1.29, 1.82) is 0 Å². The van der Waals surface area contributed by atoms with E-state index < -0.39 is 17.3 Å². The molecule has 0 unspecified atom stereocenters. The molecule has 2 aromatic carbocycles. The number of halogens is 3. The Kier molecular flexibility index (Phi) is 3.96. The zero-order valence-corrected chi connectivity index (χ0v) is 11.7. The van der Waals surface area contributed by atoms with Crippen LogP contribution in [0.25, 0.3) is 0 Å². The van der Waals surface area contributed by atoms with Crippen molar-refractivity contribution < 1.29 is 18.3 Å². The van der Waals surface area contributed by atoms with Crippen LogP contribution in [0, 0.1) is 0 Å². The molecule has 0 aliphatic carbocycles. The van der Waals surface area contributed by atoms with Gasteiger partial charge in [-0.1, -0.05) is 24.3 Å². The van der Waals surface area contributed by atoms with Gasteiger partial charge in [-0.05, 0) is 38.1 Å². The fraction of sp³-hybridized carbons (Fsp3) is 0.250. The molecule has 2 aromatic rings. The first-order valence-corrected chi connectivity index (χ1v) is 6.44. The Bertz CT molecular complexity index is 630. The third-order valence-corrected chi connectivity index (χ3v) is 3.06. The predicted octanol–water partition coefficient (Wildman–Crippen LogP) is 4.68. The summed E-state index contributed by atoms with van der Waals surface area (Å²) < 4.78 is 38.1. The van der Waals surface area contributed by atoms with Gasteiger partial charge in [-0.3, -0.25) is 0 Å². The molecule has 0 aromatic heterocycles. The third-order valence-electron chi connectivity index (χ3n) is 3.06. The maximum absolute atomic E-state index is 12.7. The minimum Gasteiger partial charge on any atom is -0.386 e. The zero-order valence-electron chi connectivity index (χ0n) is 11.7. The van der Waals surface area contributed by atoms with Crippen LogP contribution >= 0.6 is 0 Å². The molecule has 2 nitrogen and oxygen atoms in total. The maximum atomic E-state index is 12.7. The van der Waals surface area contributed by atoms with Gasteiger partial charge in [-0.15, -0.1) is 0 Å². The Morgan fingerprint density at radius 3 is 2.24 bits per heavy atom. The van der Waals surface area contributed by atoms with Crippen molar-refractivity contribution in [2.24, 2.45) is 0 Å². The van der Waals surface area contributed by atoms with E-state index in [1.54, 1.807) is 44.2 Å². The SMILES string of the molecule is CC(C)(O)c1ccccc1Nc1cccc(C(F)(F)F)c1. The smallest absolute Gasteiger partial charge is 0.386 e. The van der Waals surface area contributed by atoms with Crippen LogP contribution in [0.5, 0.6) is 0 Å².